The summed E-state index contributed by atoms with van der Waals surface area (Å²) in [6.07, 6.45) is 3.43. The third-order valence-corrected chi connectivity index (χ3v) is 4.52. The summed E-state index contributed by atoms with van der Waals surface area (Å²) in [7, 11) is 1.84. The highest BCUT2D eigenvalue weighted by Gasteiger charge is 2.05. The third kappa shape index (κ3) is 4.85. The molecule has 3 rings (SSSR count). The summed E-state index contributed by atoms with van der Waals surface area (Å²) in [6, 6.07) is 13.3. The summed E-state index contributed by atoms with van der Waals surface area (Å²) >= 11 is 0. The number of carbonyl (C=O) groups is 1. The number of benzene rings is 2. The van der Waals surface area contributed by atoms with E-state index in [2.05, 4.69) is 29.5 Å². The summed E-state index contributed by atoms with van der Waals surface area (Å²) in [4.78, 5) is 12.2. The van der Waals surface area contributed by atoms with Gasteiger partial charge in [0.1, 0.15) is 12.4 Å². The third-order valence-electron chi connectivity index (χ3n) is 4.52. The van der Waals surface area contributed by atoms with Gasteiger partial charge in [-0.15, -0.1) is 0 Å². The van der Waals surface area contributed by atoms with E-state index in [-0.39, 0.29) is 5.91 Å². The summed E-state index contributed by atoms with van der Waals surface area (Å²) in [5.41, 5.74) is 8.22. The van der Waals surface area contributed by atoms with Gasteiger partial charge in [-0.3, -0.25) is 9.48 Å². The predicted molar refractivity (Wildman–Crippen MR) is 110 cm³/mol. The first-order valence-electron chi connectivity index (χ1n) is 9.05. The Hall–Kier alpha value is -3.41. The largest absolute Gasteiger partial charge is 0.489 e. The molecule has 0 saturated carbocycles. The van der Waals surface area contributed by atoms with Crippen LogP contribution in [0.15, 0.2) is 53.8 Å². The van der Waals surface area contributed by atoms with E-state index in [1.54, 1.807) is 23.0 Å². The number of hydrogen-bond donors (Lipinski definition) is 1. The van der Waals surface area contributed by atoms with Crippen molar-refractivity contribution in [2.24, 2.45) is 12.1 Å². The first-order chi connectivity index (χ1) is 13.4. The fourth-order valence-corrected chi connectivity index (χ4v) is 2.69. The molecule has 1 heterocycles. The Balaban J connectivity index is 1.55. The van der Waals surface area contributed by atoms with Crippen LogP contribution in [0.25, 0.3) is 0 Å². The Morgan fingerprint density at radius 2 is 1.89 bits per heavy atom. The molecule has 0 aliphatic carbocycles. The van der Waals surface area contributed by atoms with Crippen molar-refractivity contribution < 1.29 is 9.53 Å². The van der Waals surface area contributed by atoms with Gasteiger partial charge >= 0.3 is 0 Å². The number of aromatic nitrogens is 2. The highest BCUT2D eigenvalue weighted by molar-refractivity contribution is 5.94. The molecule has 3 aromatic rings. The molecule has 2 aromatic carbocycles. The summed E-state index contributed by atoms with van der Waals surface area (Å²) in [5.74, 6) is 0.573. The molecule has 0 bridgehead atoms. The van der Waals surface area contributed by atoms with E-state index in [4.69, 9.17) is 4.74 Å². The number of nitrogens with one attached hydrogen (secondary N) is 1. The summed E-state index contributed by atoms with van der Waals surface area (Å²) in [6.45, 7) is 6.48. The average molecular weight is 376 g/mol. The van der Waals surface area contributed by atoms with Gasteiger partial charge in [0, 0.05) is 24.4 Å². The minimum Gasteiger partial charge on any atom is -0.489 e. The van der Waals surface area contributed by atoms with Crippen molar-refractivity contribution in [3.63, 3.8) is 0 Å². The van der Waals surface area contributed by atoms with Gasteiger partial charge < -0.3 is 4.74 Å². The van der Waals surface area contributed by atoms with E-state index in [0.717, 1.165) is 22.6 Å². The van der Waals surface area contributed by atoms with Crippen LogP contribution < -0.4 is 10.2 Å². The van der Waals surface area contributed by atoms with Crippen molar-refractivity contribution in [3.8, 4) is 5.75 Å². The number of hydrazone groups is 1. The Bertz CT molecular complexity index is 1000. The number of carbonyl (C=O) groups excluding carboxylic acids is 1. The lowest BCUT2D eigenvalue weighted by Crippen LogP contribution is -2.17. The quantitative estimate of drug-likeness (QED) is 0.527. The second-order valence-electron chi connectivity index (χ2n) is 6.77. The summed E-state index contributed by atoms with van der Waals surface area (Å²) in [5, 5.41) is 8.23. The van der Waals surface area contributed by atoms with E-state index < -0.39 is 0 Å². The minimum absolute atomic E-state index is 0.264. The zero-order valence-electron chi connectivity index (χ0n) is 16.6. The van der Waals surface area contributed by atoms with Crippen LogP contribution >= 0.6 is 0 Å². The van der Waals surface area contributed by atoms with E-state index in [1.807, 2.05) is 50.5 Å². The van der Waals surface area contributed by atoms with Crippen LogP contribution in [0.1, 0.15) is 38.3 Å². The number of aryl methyl sites for hydroxylation is 4. The second kappa shape index (κ2) is 8.52. The number of rotatable bonds is 6. The molecular formula is C22H24N4O2. The molecule has 0 fully saturated rings. The molecule has 0 radical (unpaired) electrons. The molecule has 1 N–H and O–H groups in total. The van der Waals surface area contributed by atoms with Gasteiger partial charge in [-0.2, -0.15) is 10.2 Å². The van der Waals surface area contributed by atoms with Crippen molar-refractivity contribution in [2.75, 3.05) is 0 Å². The predicted octanol–water partition coefficient (Wildman–Crippen LogP) is 3.69. The van der Waals surface area contributed by atoms with Gasteiger partial charge in [-0.05, 0) is 61.7 Å². The monoisotopic (exact) mass is 376 g/mol. The van der Waals surface area contributed by atoms with Crippen molar-refractivity contribution >= 4 is 12.1 Å². The molecule has 0 spiro atoms. The van der Waals surface area contributed by atoms with Crippen LogP contribution in [0.5, 0.6) is 5.75 Å². The molecule has 0 aliphatic rings. The van der Waals surface area contributed by atoms with Crippen LogP contribution in [0.4, 0.5) is 0 Å². The lowest BCUT2D eigenvalue weighted by Gasteiger charge is -2.09. The maximum atomic E-state index is 12.2. The number of amides is 1. The first kappa shape index (κ1) is 19.4. The molecule has 6 heteroatoms. The molecule has 1 aromatic heterocycles. The summed E-state index contributed by atoms with van der Waals surface area (Å²) < 4.78 is 7.53. The van der Waals surface area contributed by atoms with E-state index >= 15 is 0 Å². The molecule has 0 aliphatic heterocycles. The normalized spacial score (nSPS) is 11.0. The van der Waals surface area contributed by atoms with Crippen LogP contribution in [0.2, 0.25) is 0 Å². The Morgan fingerprint density at radius 1 is 1.14 bits per heavy atom. The lowest BCUT2D eigenvalue weighted by atomic mass is 10.1. The van der Waals surface area contributed by atoms with Crippen molar-refractivity contribution in [1.29, 1.82) is 0 Å². The topological polar surface area (TPSA) is 68.5 Å². The van der Waals surface area contributed by atoms with Crippen molar-refractivity contribution in [2.45, 2.75) is 27.4 Å². The Labute approximate surface area is 164 Å². The van der Waals surface area contributed by atoms with Crippen LogP contribution in [0.3, 0.4) is 0 Å². The van der Waals surface area contributed by atoms with Gasteiger partial charge in [-0.1, -0.05) is 18.2 Å². The maximum Gasteiger partial charge on any atom is 0.271 e. The SMILES string of the molecule is Cc1ccc(OCc2ccc(C(=O)N/N=C/c3cn(C)nc3C)cc2)cc1C. The molecule has 0 saturated heterocycles. The van der Waals surface area contributed by atoms with Gasteiger partial charge in [0.25, 0.3) is 5.91 Å². The van der Waals surface area contributed by atoms with Gasteiger partial charge in [0.2, 0.25) is 0 Å². The molecule has 0 atom stereocenters. The lowest BCUT2D eigenvalue weighted by molar-refractivity contribution is 0.0955. The maximum absolute atomic E-state index is 12.2. The minimum atomic E-state index is -0.264. The highest BCUT2D eigenvalue weighted by Crippen LogP contribution is 2.18. The fraction of sp³-hybridized carbons (Fsp3) is 0.227. The van der Waals surface area contributed by atoms with Crippen molar-refractivity contribution in [3.05, 3.63) is 82.2 Å². The molecule has 1 amide bonds. The zero-order chi connectivity index (χ0) is 20.1. The average Bonchev–Trinajstić information content (AvgIpc) is 3.00. The van der Waals surface area contributed by atoms with Crippen LogP contribution in [0, 0.1) is 20.8 Å². The fourth-order valence-electron chi connectivity index (χ4n) is 2.69. The van der Waals surface area contributed by atoms with Gasteiger partial charge in [0.15, 0.2) is 0 Å². The first-order valence-corrected chi connectivity index (χ1v) is 9.05. The molecule has 144 valence electrons. The Kier molecular flexibility index (Phi) is 5.89. The zero-order valence-corrected chi connectivity index (χ0v) is 16.6. The Morgan fingerprint density at radius 3 is 2.54 bits per heavy atom. The van der Waals surface area contributed by atoms with Crippen molar-refractivity contribution in [1.82, 2.24) is 15.2 Å². The van der Waals surface area contributed by atoms with Crippen LogP contribution in [-0.2, 0) is 13.7 Å². The molecular weight excluding hydrogens is 352 g/mol. The number of nitrogens with zero attached hydrogens (tertiary/aromatic N) is 3. The smallest absolute Gasteiger partial charge is 0.271 e. The highest BCUT2D eigenvalue weighted by atomic mass is 16.5. The van der Waals surface area contributed by atoms with E-state index in [0.29, 0.717) is 12.2 Å². The van der Waals surface area contributed by atoms with Crippen LogP contribution in [-0.4, -0.2) is 21.9 Å². The molecule has 6 nitrogen and oxygen atoms in total. The number of ether oxygens (including phenoxy) is 1. The van der Waals surface area contributed by atoms with E-state index in [1.165, 1.54) is 11.1 Å². The van der Waals surface area contributed by atoms with Gasteiger partial charge in [0.05, 0.1) is 11.9 Å². The molecule has 0 unspecified atom stereocenters. The van der Waals surface area contributed by atoms with Gasteiger partial charge in [-0.25, -0.2) is 5.43 Å². The molecule has 28 heavy (non-hydrogen) atoms. The number of hydrogen-bond acceptors (Lipinski definition) is 4. The second-order valence-corrected chi connectivity index (χ2v) is 6.77. The van der Waals surface area contributed by atoms with E-state index in [9.17, 15) is 4.79 Å². The standard InChI is InChI=1S/C22H24N4O2/c1-15-5-10-21(11-16(15)2)28-14-18-6-8-19(9-7-18)22(27)24-23-12-20-13-26(4)25-17(20)3/h5-13H,14H2,1-4H3,(H,24,27)/b23-12+.